The van der Waals surface area contributed by atoms with Gasteiger partial charge in [0.15, 0.2) is 0 Å². The van der Waals surface area contributed by atoms with Crippen molar-refractivity contribution in [3.05, 3.63) is 36.4 Å². The smallest absolute Gasteiger partial charge is 0.127 e. The Hall–Kier alpha value is -1.49. The summed E-state index contributed by atoms with van der Waals surface area (Å²) in [6, 6.07) is 8.72. The Morgan fingerprint density at radius 1 is 1.24 bits per heavy atom. The van der Waals surface area contributed by atoms with Gasteiger partial charge in [0.1, 0.15) is 24.1 Å². The van der Waals surface area contributed by atoms with Crippen molar-refractivity contribution in [1.29, 1.82) is 0 Å². The maximum Gasteiger partial charge on any atom is 0.127 e. The van der Waals surface area contributed by atoms with Crippen molar-refractivity contribution >= 4 is 23.2 Å². The molecule has 0 saturated heterocycles. The predicted octanol–water partition coefficient (Wildman–Crippen LogP) is 2.70. The van der Waals surface area contributed by atoms with Crippen molar-refractivity contribution < 1.29 is 21.8 Å². The zero-order chi connectivity index (χ0) is 19.0. The van der Waals surface area contributed by atoms with Crippen LogP contribution in [0.15, 0.2) is 36.4 Å². The van der Waals surface area contributed by atoms with E-state index in [4.69, 9.17) is 11.6 Å². The van der Waals surface area contributed by atoms with E-state index in [1.807, 2.05) is 0 Å². The lowest BCUT2D eigenvalue weighted by atomic mass is 10.1. The standard InChI is InChI=1S/C16H21NO3.ClH/c1-11(2)17-9-12(18)10-20-16-8-7-15(19)13-5-3-4-6-14(13)16;/h3-8,11-12,17-19H,9-10H2,1-2H3;1H/i9D2,10D2,12D;. The van der Waals surface area contributed by atoms with E-state index >= 15 is 0 Å². The highest BCUT2D eigenvalue weighted by Crippen LogP contribution is 2.32. The molecule has 2 aromatic carbocycles. The van der Waals surface area contributed by atoms with Crippen LogP contribution in [-0.2, 0) is 0 Å². The van der Waals surface area contributed by atoms with Crippen LogP contribution < -0.4 is 10.1 Å². The van der Waals surface area contributed by atoms with Crippen LogP contribution >= 0.6 is 12.4 Å². The molecule has 3 N–H and O–H groups in total. The highest BCUT2D eigenvalue weighted by atomic mass is 35.5. The number of hydrogen-bond acceptors (Lipinski definition) is 4. The molecule has 0 aromatic heterocycles. The van der Waals surface area contributed by atoms with Gasteiger partial charge in [-0.2, -0.15) is 0 Å². The molecular weight excluding hydrogens is 290 g/mol. The number of rotatable bonds is 6. The van der Waals surface area contributed by atoms with Crippen LogP contribution in [0.5, 0.6) is 11.5 Å². The van der Waals surface area contributed by atoms with E-state index in [-0.39, 0.29) is 23.9 Å². The highest BCUT2D eigenvalue weighted by molar-refractivity contribution is 5.92. The van der Waals surface area contributed by atoms with E-state index in [1.54, 1.807) is 38.1 Å². The third kappa shape index (κ3) is 4.77. The third-order valence-electron chi connectivity index (χ3n) is 2.60. The van der Waals surface area contributed by atoms with Gasteiger partial charge in [0.05, 0.1) is 4.11 Å². The van der Waals surface area contributed by atoms with Crippen LogP contribution in [0.1, 0.15) is 20.7 Å². The van der Waals surface area contributed by atoms with Crippen LogP contribution in [0.2, 0.25) is 0 Å². The minimum atomic E-state index is -3.25. The first-order chi connectivity index (χ1) is 11.4. The summed E-state index contributed by atoms with van der Waals surface area (Å²) in [5.74, 6) is -0.0501. The van der Waals surface area contributed by atoms with E-state index < -0.39 is 25.2 Å². The predicted molar refractivity (Wildman–Crippen MR) is 87.5 cm³/mol. The second-order valence-electron chi connectivity index (χ2n) is 4.61. The molecular formula is C16H22ClNO3. The van der Waals surface area contributed by atoms with Crippen molar-refractivity contribution in [3.8, 4) is 11.5 Å². The lowest BCUT2D eigenvalue weighted by Gasteiger charge is -2.16. The third-order valence-corrected chi connectivity index (χ3v) is 2.60. The number of aromatic hydroxyl groups is 1. The fourth-order valence-corrected chi connectivity index (χ4v) is 1.69. The molecule has 0 spiro atoms. The topological polar surface area (TPSA) is 61.7 Å². The van der Waals surface area contributed by atoms with Gasteiger partial charge in [-0.25, -0.2) is 0 Å². The highest BCUT2D eigenvalue weighted by Gasteiger charge is 2.09. The van der Waals surface area contributed by atoms with Crippen LogP contribution in [-0.4, -0.2) is 35.4 Å². The average molecular weight is 317 g/mol. The van der Waals surface area contributed by atoms with E-state index in [1.165, 1.54) is 12.1 Å². The number of nitrogens with one attached hydrogen (secondary N) is 1. The summed E-state index contributed by atoms with van der Waals surface area (Å²) in [4.78, 5) is 0. The van der Waals surface area contributed by atoms with Crippen LogP contribution in [0.25, 0.3) is 10.8 Å². The summed E-state index contributed by atoms with van der Waals surface area (Å²) >= 11 is 0. The average Bonchev–Trinajstić information content (AvgIpc) is 2.48. The summed E-state index contributed by atoms with van der Waals surface area (Å²) in [6.45, 7) is -2.65. The van der Waals surface area contributed by atoms with Crippen LogP contribution in [0.3, 0.4) is 0 Å². The molecule has 21 heavy (non-hydrogen) atoms. The summed E-state index contributed by atoms with van der Waals surface area (Å²) in [7, 11) is 0. The molecule has 0 bridgehead atoms. The zero-order valence-electron chi connectivity index (χ0n) is 16.8. The lowest BCUT2D eigenvalue weighted by Crippen LogP contribution is -2.35. The molecule has 0 aliphatic carbocycles. The maximum absolute atomic E-state index is 10.3. The first kappa shape index (κ1) is 11.1. The quantitative estimate of drug-likeness (QED) is 0.767. The number of aliphatic hydroxyl groups is 1. The second-order valence-corrected chi connectivity index (χ2v) is 4.61. The van der Waals surface area contributed by atoms with Gasteiger partial charge < -0.3 is 20.3 Å². The molecule has 0 saturated carbocycles. The number of fused-ring (bicyclic) bond motifs is 1. The van der Waals surface area contributed by atoms with Gasteiger partial charge in [0.2, 0.25) is 0 Å². The molecule has 0 amide bonds. The summed E-state index contributed by atoms with van der Waals surface area (Å²) < 4.78 is 44.7. The van der Waals surface area contributed by atoms with Crippen molar-refractivity contribution in [3.63, 3.8) is 0 Å². The van der Waals surface area contributed by atoms with E-state index in [0.717, 1.165) is 0 Å². The Labute approximate surface area is 138 Å². The Balaban J connectivity index is 0.00000338. The monoisotopic (exact) mass is 316 g/mol. The van der Waals surface area contributed by atoms with Gasteiger partial charge in [0, 0.05) is 26.1 Å². The maximum atomic E-state index is 10.3. The normalized spacial score (nSPS) is 18.6. The Bertz CT molecular complexity index is 771. The summed E-state index contributed by atoms with van der Waals surface area (Å²) in [5.41, 5.74) is 0. The number of phenolic OH excluding ortho intramolecular Hbond substituents is 1. The van der Waals surface area contributed by atoms with E-state index in [0.29, 0.717) is 10.8 Å². The Kier molecular flexibility index (Phi) is 4.28. The van der Waals surface area contributed by atoms with Gasteiger partial charge in [-0.3, -0.25) is 0 Å². The van der Waals surface area contributed by atoms with Gasteiger partial charge in [-0.05, 0) is 12.1 Å². The molecule has 0 aliphatic rings. The molecule has 4 nitrogen and oxygen atoms in total. The zero-order valence-corrected chi connectivity index (χ0v) is 12.6. The van der Waals surface area contributed by atoms with Gasteiger partial charge in [-0.1, -0.05) is 38.1 Å². The molecule has 2 rings (SSSR count). The Morgan fingerprint density at radius 2 is 1.90 bits per heavy atom. The molecule has 2 aromatic rings. The van der Waals surface area contributed by atoms with Crippen molar-refractivity contribution in [1.82, 2.24) is 5.32 Å². The van der Waals surface area contributed by atoms with Crippen molar-refractivity contribution in [2.24, 2.45) is 0 Å². The molecule has 0 fully saturated rings. The number of phenols is 1. The number of halogens is 1. The molecule has 0 aliphatic heterocycles. The fourth-order valence-electron chi connectivity index (χ4n) is 1.69. The van der Waals surface area contributed by atoms with Gasteiger partial charge in [-0.15, -0.1) is 12.4 Å². The van der Waals surface area contributed by atoms with Crippen LogP contribution in [0.4, 0.5) is 0 Å². The Morgan fingerprint density at radius 3 is 2.57 bits per heavy atom. The largest absolute Gasteiger partial charge is 0.507 e. The minimum absolute atomic E-state index is 0. The van der Waals surface area contributed by atoms with Gasteiger partial charge >= 0.3 is 0 Å². The molecule has 5 heteroatoms. The lowest BCUT2D eigenvalue weighted by molar-refractivity contribution is 0.105. The first-order valence-electron chi connectivity index (χ1n) is 8.79. The van der Waals surface area contributed by atoms with E-state index in [9.17, 15) is 10.2 Å². The molecule has 1 atom stereocenters. The molecule has 0 radical (unpaired) electrons. The molecule has 1 unspecified atom stereocenters. The van der Waals surface area contributed by atoms with Gasteiger partial charge in [0.25, 0.3) is 0 Å². The number of hydrogen-bond donors (Lipinski definition) is 3. The van der Waals surface area contributed by atoms with Crippen molar-refractivity contribution in [2.75, 3.05) is 13.1 Å². The SMILES string of the molecule is Cl.[2H]C([2H])(NC(C)C)C([2H])(O)C([2H])([2H])Oc1ccc(O)c2ccccc12. The first-order valence-corrected chi connectivity index (χ1v) is 6.29. The molecule has 0 heterocycles. The summed E-state index contributed by atoms with van der Waals surface area (Å²) in [6.07, 6.45) is -3.25. The molecule has 116 valence electrons. The number of ether oxygens (including phenoxy) is 1. The van der Waals surface area contributed by atoms with Crippen LogP contribution in [0, 0.1) is 0 Å². The van der Waals surface area contributed by atoms with E-state index in [2.05, 4.69) is 5.32 Å². The minimum Gasteiger partial charge on any atom is -0.507 e. The fraction of sp³-hybridized carbons (Fsp3) is 0.375. The summed E-state index contributed by atoms with van der Waals surface area (Å²) in [5, 5.41) is 23.3. The number of benzene rings is 2. The second kappa shape index (κ2) is 8.08. The van der Waals surface area contributed by atoms with Crippen molar-refractivity contribution in [2.45, 2.75) is 26.0 Å².